The van der Waals surface area contributed by atoms with Gasteiger partial charge in [-0.15, -0.1) is 0 Å². The zero-order valence-electron chi connectivity index (χ0n) is 47.4. The van der Waals surface area contributed by atoms with Gasteiger partial charge < -0.3 is 50.0 Å². The number of fused-ring (bicyclic) bond motifs is 2. The molecule has 4 aliphatic heterocycles. The third-order valence-corrected chi connectivity index (χ3v) is 17.2. The standard InChI is InChI=1S/C27H37N5O3Si.C24H31N3O6SSi.C5H11N.FH.2H2O/c1-36(2,3)15-14-33-20-32-25(8-9-30-32)22-5-7-27(29-18-22)35-23-6-4-21-16-24(34-26(21)17-23)19-31-12-10-28-11-13-31;1-34(28,29)31-16-21-13-18-5-7-20(14-23(18)32-21)33-24-8-6-19(15-25-24)22-9-10-26-27(22)17-30-11-12-35(2,3)4;1-2-4-6-5-3-1;;;/h4-9,17-18,24,28H,10-16,19-20H2,1-3H3;5-10,14-15,21H,11-13,16-17H2,1-4H3;6H,1-5H2;1H;2*1H2/p-1. The number of benzene rings is 2. The van der Waals surface area contributed by atoms with Crippen LogP contribution in [0.15, 0.2) is 97.6 Å². The second-order valence-corrected chi connectivity index (χ2v) is 35.3. The van der Waals surface area contributed by atoms with Crippen molar-refractivity contribution in [3.63, 3.8) is 0 Å². The average Bonchev–Trinajstić information content (AvgIpc) is 4.26. The molecule has 440 valence electrons. The first-order valence-electron chi connectivity index (χ1n) is 27.0. The number of hydrogen-bond acceptors (Lipinski definition) is 17. The van der Waals surface area contributed by atoms with Gasteiger partial charge >= 0.3 is 0 Å². The summed E-state index contributed by atoms with van der Waals surface area (Å²) in [6.45, 7) is 24.1. The van der Waals surface area contributed by atoms with E-state index in [1.165, 1.54) is 37.9 Å². The van der Waals surface area contributed by atoms with Gasteiger partial charge in [-0.05, 0) is 85.5 Å². The molecule has 0 bridgehead atoms. The predicted molar refractivity (Wildman–Crippen MR) is 313 cm³/mol. The van der Waals surface area contributed by atoms with E-state index in [4.69, 9.17) is 32.6 Å². The Morgan fingerprint density at radius 2 is 1.11 bits per heavy atom. The van der Waals surface area contributed by atoms with Crippen LogP contribution in [0.25, 0.3) is 22.5 Å². The average molecular weight is 1170 g/mol. The van der Waals surface area contributed by atoms with E-state index < -0.39 is 26.3 Å². The Kier molecular flexibility index (Phi) is 25.2. The summed E-state index contributed by atoms with van der Waals surface area (Å²) in [6.07, 6.45) is 13.7. The number of nitrogens with one attached hydrogen (secondary N) is 2. The summed E-state index contributed by atoms with van der Waals surface area (Å²) in [4.78, 5) is 11.4. The van der Waals surface area contributed by atoms with Gasteiger partial charge in [0.05, 0.1) is 17.6 Å². The SMILES string of the molecule is C1CCNCC1.C[Si](C)(C)CCOCn1nccc1-c1ccc(Oc2ccc3c(c2)OC(CN2CCNCC2)C3)nc1.C[Si](C)(C)CCOCn1nccc1-c1ccc(Oc2ccc3c(c2)OC(COS(C)(=O)=O)C3)nc1.F.O.[OH-]. The van der Waals surface area contributed by atoms with Crippen molar-refractivity contribution in [3.05, 3.63) is 109 Å². The Morgan fingerprint density at radius 1 is 0.637 bits per heavy atom. The fourth-order valence-corrected chi connectivity index (χ4v) is 10.8. The molecule has 2 unspecified atom stereocenters. The highest BCUT2D eigenvalue weighted by atomic mass is 32.2. The van der Waals surface area contributed by atoms with Crippen molar-refractivity contribution >= 4 is 26.3 Å². The largest absolute Gasteiger partial charge is 0.870 e. The molecule has 4 aliphatic rings. The minimum Gasteiger partial charge on any atom is -0.870 e. The van der Waals surface area contributed by atoms with E-state index in [0.717, 1.165) is 110 Å². The molecule has 0 spiro atoms. The minimum absolute atomic E-state index is 0. The van der Waals surface area contributed by atoms with Gasteiger partial charge in [0.1, 0.15) is 55.3 Å². The van der Waals surface area contributed by atoms with Crippen LogP contribution in [0.4, 0.5) is 4.70 Å². The highest BCUT2D eigenvalue weighted by molar-refractivity contribution is 7.86. The lowest BCUT2D eigenvalue weighted by molar-refractivity contribution is 0.0797. The van der Waals surface area contributed by atoms with E-state index in [0.29, 0.717) is 43.1 Å². The second-order valence-electron chi connectivity index (χ2n) is 22.4. The highest BCUT2D eigenvalue weighted by Gasteiger charge is 2.27. The van der Waals surface area contributed by atoms with Crippen molar-refractivity contribution in [1.29, 1.82) is 0 Å². The van der Waals surface area contributed by atoms with Crippen molar-refractivity contribution in [1.82, 2.24) is 45.1 Å². The first-order chi connectivity index (χ1) is 37.0. The molecule has 80 heavy (non-hydrogen) atoms. The Hall–Kier alpha value is -5.65. The van der Waals surface area contributed by atoms with E-state index in [9.17, 15) is 8.42 Å². The molecule has 4 aromatic heterocycles. The van der Waals surface area contributed by atoms with Crippen LogP contribution < -0.4 is 29.6 Å². The normalized spacial score (nSPS) is 16.8. The second kappa shape index (κ2) is 31.0. The van der Waals surface area contributed by atoms with E-state index in [1.54, 1.807) is 30.7 Å². The fraction of sp³-hybridized carbons (Fsp3) is 0.500. The van der Waals surface area contributed by atoms with Crippen molar-refractivity contribution in [2.24, 2.45) is 0 Å². The molecule has 0 saturated carbocycles. The zero-order valence-corrected chi connectivity index (χ0v) is 50.2. The maximum Gasteiger partial charge on any atom is 0.264 e. The van der Waals surface area contributed by atoms with Crippen LogP contribution in [-0.2, 0) is 50.1 Å². The molecule has 8 heterocycles. The third kappa shape index (κ3) is 21.0. The zero-order chi connectivity index (χ0) is 54.3. The Bertz CT molecular complexity index is 2890. The molecule has 2 fully saturated rings. The molecule has 0 radical (unpaired) electrons. The Balaban J connectivity index is 0.000000257. The quantitative estimate of drug-likeness (QED) is 0.0389. The van der Waals surface area contributed by atoms with Crippen LogP contribution >= 0.6 is 0 Å². The van der Waals surface area contributed by atoms with Crippen LogP contribution in [0, 0.1) is 0 Å². The molecule has 2 aromatic carbocycles. The number of rotatable bonds is 21. The third-order valence-electron chi connectivity index (χ3n) is 13.3. The summed E-state index contributed by atoms with van der Waals surface area (Å²) < 4.78 is 66.7. The van der Waals surface area contributed by atoms with Gasteiger partial charge in [0.25, 0.3) is 10.1 Å². The number of nitrogens with zero attached hydrogens (tertiary/aromatic N) is 7. The number of piperidine rings is 1. The van der Waals surface area contributed by atoms with Gasteiger partial charge in [0.2, 0.25) is 11.8 Å². The number of hydrogen-bond donors (Lipinski definition) is 2. The number of aromatic nitrogens is 6. The van der Waals surface area contributed by atoms with Gasteiger partial charge in [-0.3, -0.25) is 13.8 Å². The molecular weight excluding hydrogens is 1080 g/mol. The van der Waals surface area contributed by atoms with Gasteiger partial charge in [-0.1, -0.05) is 57.8 Å². The summed E-state index contributed by atoms with van der Waals surface area (Å²) >= 11 is 0. The maximum atomic E-state index is 11.2. The van der Waals surface area contributed by atoms with Crippen LogP contribution in [0.1, 0.15) is 30.4 Å². The van der Waals surface area contributed by atoms with Gasteiger partial charge in [-0.25, -0.2) is 19.3 Å². The number of ether oxygens (including phenoxy) is 6. The molecule has 2 saturated heterocycles. The molecule has 10 rings (SSSR count). The highest BCUT2D eigenvalue weighted by Crippen LogP contribution is 2.36. The molecule has 2 atom stereocenters. The van der Waals surface area contributed by atoms with Crippen LogP contribution in [-0.4, -0.2) is 154 Å². The summed E-state index contributed by atoms with van der Waals surface area (Å²) in [6, 6.07) is 25.4. The molecule has 5 N–H and O–H groups in total. The van der Waals surface area contributed by atoms with Crippen molar-refractivity contribution in [2.75, 3.05) is 71.9 Å². The number of piperazine rings is 1. The molecular formula is C56H83FN9O11SSi2-. The topological polar surface area (TPSA) is 249 Å². The number of halogens is 1. The van der Waals surface area contributed by atoms with Crippen molar-refractivity contribution in [3.8, 4) is 57.3 Å². The van der Waals surface area contributed by atoms with E-state index >= 15 is 0 Å². The summed E-state index contributed by atoms with van der Waals surface area (Å²) in [5.74, 6) is 3.88. The molecule has 0 amide bonds. The fourth-order valence-electron chi connectivity index (χ4n) is 8.91. The van der Waals surface area contributed by atoms with Crippen LogP contribution in [0.2, 0.25) is 51.4 Å². The first-order valence-corrected chi connectivity index (χ1v) is 36.3. The summed E-state index contributed by atoms with van der Waals surface area (Å²) in [5.41, 5.74) is 6.00. The van der Waals surface area contributed by atoms with Gasteiger partial charge in [0.15, 0.2) is 0 Å². The Morgan fingerprint density at radius 3 is 1.54 bits per heavy atom. The molecule has 24 heteroatoms. The van der Waals surface area contributed by atoms with Gasteiger partial charge in [-0.2, -0.15) is 18.6 Å². The monoisotopic (exact) mass is 1160 g/mol. The summed E-state index contributed by atoms with van der Waals surface area (Å²) in [5, 5.41) is 15.5. The summed E-state index contributed by atoms with van der Waals surface area (Å²) in [7, 11) is -5.74. The lowest BCUT2D eigenvalue weighted by atomic mass is 10.1. The Labute approximate surface area is 473 Å². The predicted octanol–water partition coefficient (Wildman–Crippen LogP) is 8.50. The van der Waals surface area contributed by atoms with E-state index in [-0.39, 0.29) is 34.5 Å². The molecule has 6 aromatic rings. The minimum atomic E-state index is -3.51. The van der Waals surface area contributed by atoms with Gasteiger partial charge in [0, 0.05) is 135 Å². The maximum absolute atomic E-state index is 11.2. The lowest BCUT2D eigenvalue weighted by Gasteiger charge is -2.29. The van der Waals surface area contributed by atoms with Crippen molar-refractivity contribution in [2.45, 2.75) is 109 Å². The molecule has 20 nitrogen and oxygen atoms in total. The number of pyridine rings is 2. The molecule has 0 aliphatic carbocycles. The lowest BCUT2D eigenvalue weighted by Crippen LogP contribution is -2.47. The van der Waals surface area contributed by atoms with Crippen molar-refractivity contribution < 1.29 is 56.7 Å². The van der Waals surface area contributed by atoms with Crippen LogP contribution in [0.3, 0.4) is 0 Å². The first kappa shape index (κ1) is 65.2. The smallest absolute Gasteiger partial charge is 0.264 e. The van der Waals surface area contributed by atoms with E-state index in [2.05, 4.69) is 81.0 Å². The van der Waals surface area contributed by atoms with E-state index in [1.807, 2.05) is 70.2 Å². The van der Waals surface area contributed by atoms with Crippen LogP contribution in [0.5, 0.6) is 34.8 Å².